The van der Waals surface area contributed by atoms with Crippen LogP contribution in [-0.4, -0.2) is 22.3 Å². The summed E-state index contributed by atoms with van der Waals surface area (Å²) in [5.74, 6) is 0.0936. The highest BCUT2D eigenvalue weighted by atomic mass is 16.3. The SMILES string of the molecule is O=C1c2cccc(-c3ccoc3)c2CN1CCc1ccc2ccccc2n1. The standard InChI is InChI=1S/C23H18N2O2/c26-23-20-6-3-5-19(17-11-13-27-15-17)21(20)14-25(23)12-10-18-9-8-16-4-1-2-7-22(16)24-18/h1-9,11,13,15H,10,12,14H2. The Morgan fingerprint density at radius 1 is 0.963 bits per heavy atom. The first-order valence-electron chi connectivity index (χ1n) is 9.08. The Morgan fingerprint density at radius 3 is 2.74 bits per heavy atom. The van der Waals surface area contributed by atoms with Gasteiger partial charge in [-0.25, -0.2) is 0 Å². The second kappa shape index (κ2) is 6.40. The Labute approximate surface area is 157 Å². The Bertz CT molecular complexity index is 1130. The zero-order valence-corrected chi connectivity index (χ0v) is 14.8. The van der Waals surface area contributed by atoms with E-state index in [1.54, 1.807) is 12.5 Å². The first-order valence-corrected chi connectivity index (χ1v) is 9.08. The van der Waals surface area contributed by atoms with E-state index in [0.29, 0.717) is 13.1 Å². The summed E-state index contributed by atoms with van der Waals surface area (Å²) in [6.07, 6.45) is 4.13. The number of carbonyl (C=O) groups is 1. The molecule has 27 heavy (non-hydrogen) atoms. The number of nitrogens with zero attached hydrogens (tertiary/aromatic N) is 2. The number of pyridine rings is 1. The van der Waals surface area contributed by atoms with Crippen molar-refractivity contribution in [3.8, 4) is 11.1 Å². The number of furan rings is 1. The van der Waals surface area contributed by atoms with E-state index in [-0.39, 0.29) is 5.91 Å². The average molecular weight is 354 g/mol. The molecule has 1 amide bonds. The van der Waals surface area contributed by atoms with Crippen molar-refractivity contribution < 1.29 is 9.21 Å². The lowest BCUT2D eigenvalue weighted by molar-refractivity contribution is 0.0780. The lowest BCUT2D eigenvalue weighted by atomic mass is 9.99. The van der Waals surface area contributed by atoms with E-state index in [1.807, 2.05) is 53.4 Å². The van der Waals surface area contributed by atoms with E-state index in [4.69, 9.17) is 9.40 Å². The van der Waals surface area contributed by atoms with Gasteiger partial charge in [0.05, 0.1) is 18.0 Å². The summed E-state index contributed by atoms with van der Waals surface area (Å²) in [6.45, 7) is 1.28. The third-order valence-electron chi connectivity index (χ3n) is 5.17. The molecule has 4 heteroatoms. The van der Waals surface area contributed by atoms with Crippen LogP contribution in [0.1, 0.15) is 21.6 Å². The van der Waals surface area contributed by atoms with Gasteiger partial charge in [-0.2, -0.15) is 0 Å². The summed E-state index contributed by atoms with van der Waals surface area (Å²) < 4.78 is 5.22. The molecule has 0 saturated heterocycles. The maximum absolute atomic E-state index is 12.8. The van der Waals surface area contributed by atoms with E-state index < -0.39 is 0 Å². The molecule has 2 aromatic heterocycles. The predicted molar refractivity (Wildman–Crippen MR) is 104 cm³/mol. The number of fused-ring (bicyclic) bond motifs is 2. The zero-order chi connectivity index (χ0) is 18.2. The van der Waals surface area contributed by atoms with Gasteiger partial charge in [-0.15, -0.1) is 0 Å². The molecule has 4 nitrogen and oxygen atoms in total. The van der Waals surface area contributed by atoms with Crippen molar-refractivity contribution in [2.24, 2.45) is 0 Å². The van der Waals surface area contributed by atoms with Crippen LogP contribution >= 0.6 is 0 Å². The van der Waals surface area contributed by atoms with E-state index in [0.717, 1.165) is 45.3 Å². The Balaban J connectivity index is 1.37. The molecule has 1 aliphatic heterocycles. The molecule has 0 radical (unpaired) electrons. The minimum absolute atomic E-state index is 0.0936. The Morgan fingerprint density at radius 2 is 1.85 bits per heavy atom. The Hall–Kier alpha value is -3.40. The maximum Gasteiger partial charge on any atom is 0.254 e. The molecule has 3 heterocycles. The van der Waals surface area contributed by atoms with Gasteiger partial charge in [0, 0.05) is 41.7 Å². The summed E-state index contributed by atoms with van der Waals surface area (Å²) in [6, 6.07) is 20.1. The molecule has 0 unspecified atom stereocenters. The third kappa shape index (κ3) is 2.79. The first-order chi connectivity index (χ1) is 13.3. The van der Waals surface area contributed by atoms with Gasteiger partial charge in [-0.3, -0.25) is 9.78 Å². The highest BCUT2D eigenvalue weighted by Crippen LogP contribution is 2.32. The van der Waals surface area contributed by atoms with E-state index >= 15 is 0 Å². The van der Waals surface area contributed by atoms with E-state index in [2.05, 4.69) is 12.1 Å². The molecule has 4 aromatic rings. The number of hydrogen-bond donors (Lipinski definition) is 0. The Kier molecular flexibility index (Phi) is 3.75. The predicted octanol–water partition coefficient (Wildman–Crippen LogP) is 4.69. The van der Waals surface area contributed by atoms with Gasteiger partial charge in [0.2, 0.25) is 0 Å². The second-order valence-corrected chi connectivity index (χ2v) is 6.82. The second-order valence-electron chi connectivity index (χ2n) is 6.82. The smallest absolute Gasteiger partial charge is 0.254 e. The number of aromatic nitrogens is 1. The molecule has 2 aromatic carbocycles. The molecule has 132 valence electrons. The average Bonchev–Trinajstić information content (AvgIpc) is 3.35. The summed E-state index contributed by atoms with van der Waals surface area (Å²) in [5.41, 5.74) is 5.95. The molecule has 1 aliphatic rings. The maximum atomic E-state index is 12.8. The lowest BCUT2D eigenvalue weighted by Gasteiger charge is -2.15. The molecule has 5 rings (SSSR count). The van der Waals surface area contributed by atoms with Crippen LogP contribution in [0.3, 0.4) is 0 Å². The van der Waals surface area contributed by atoms with Crippen molar-refractivity contribution in [1.82, 2.24) is 9.88 Å². The largest absolute Gasteiger partial charge is 0.472 e. The van der Waals surface area contributed by atoms with Gasteiger partial charge in [-0.1, -0.05) is 36.4 Å². The number of benzene rings is 2. The van der Waals surface area contributed by atoms with Crippen molar-refractivity contribution in [2.75, 3.05) is 6.54 Å². The monoisotopic (exact) mass is 354 g/mol. The number of carbonyl (C=O) groups excluding carboxylic acids is 1. The van der Waals surface area contributed by atoms with Crippen LogP contribution in [0.5, 0.6) is 0 Å². The summed E-state index contributed by atoms with van der Waals surface area (Å²) >= 11 is 0. The lowest BCUT2D eigenvalue weighted by Crippen LogP contribution is -2.26. The van der Waals surface area contributed by atoms with Gasteiger partial charge in [0.25, 0.3) is 5.91 Å². The van der Waals surface area contributed by atoms with Crippen LogP contribution in [0.2, 0.25) is 0 Å². The molecule has 0 atom stereocenters. The fourth-order valence-corrected chi connectivity index (χ4v) is 3.76. The molecule has 0 N–H and O–H groups in total. The van der Waals surface area contributed by atoms with Crippen molar-refractivity contribution in [1.29, 1.82) is 0 Å². The van der Waals surface area contributed by atoms with Gasteiger partial charge < -0.3 is 9.32 Å². The highest BCUT2D eigenvalue weighted by molar-refractivity contribution is 6.00. The minimum atomic E-state index is 0.0936. The quantitative estimate of drug-likeness (QED) is 0.534. The number of para-hydroxylation sites is 1. The number of rotatable bonds is 4. The fourth-order valence-electron chi connectivity index (χ4n) is 3.76. The molecule has 0 fully saturated rings. The number of amides is 1. The summed E-state index contributed by atoms with van der Waals surface area (Å²) in [4.78, 5) is 19.5. The fraction of sp³-hybridized carbons (Fsp3) is 0.130. The van der Waals surface area contributed by atoms with Gasteiger partial charge in [0.15, 0.2) is 0 Å². The first kappa shape index (κ1) is 15.8. The van der Waals surface area contributed by atoms with Crippen LogP contribution in [-0.2, 0) is 13.0 Å². The van der Waals surface area contributed by atoms with E-state index in [9.17, 15) is 4.79 Å². The topological polar surface area (TPSA) is 46.3 Å². The van der Waals surface area contributed by atoms with Gasteiger partial charge in [-0.05, 0) is 35.4 Å². The normalized spacial score (nSPS) is 13.3. The molecule has 0 aliphatic carbocycles. The molecule has 0 saturated carbocycles. The molecular formula is C23H18N2O2. The van der Waals surface area contributed by atoms with Crippen molar-refractivity contribution in [2.45, 2.75) is 13.0 Å². The van der Waals surface area contributed by atoms with Crippen LogP contribution in [0.25, 0.3) is 22.0 Å². The van der Waals surface area contributed by atoms with Crippen molar-refractivity contribution in [3.05, 3.63) is 90.0 Å². The van der Waals surface area contributed by atoms with Crippen LogP contribution in [0.15, 0.2) is 77.6 Å². The van der Waals surface area contributed by atoms with Crippen LogP contribution < -0.4 is 0 Å². The number of hydrogen-bond acceptors (Lipinski definition) is 3. The molecule has 0 spiro atoms. The van der Waals surface area contributed by atoms with Gasteiger partial charge >= 0.3 is 0 Å². The zero-order valence-electron chi connectivity index (χ0n) is 14.8. The van der Waals surface area contributed by atoms with E-state index in [1.165, 1.54) is 0 Å². The minimum Gasteiger partial charge on any atom is -0.472 e. The summed E-state index contributed by atoms with van der Waals surface area (Å²) in [7, 11) is 0. The highest BCUT2D eigenvalue weighted by Gasteiger charge is 2.29. The van der Waals surface area contributed by atoms with Crippen LogP contribution in [0, 0.1) is 0 Å². The van der Waals surface area contributed by atoms with Crippen LogP contribution in [0.4, 0.5) is 0 Å². The van der Waals surface area contributed by atoms with Crippen molar-refractivity contribution >= 4 is 16.8 Å². The molecular weight excluding hydrogens is 336 g/mol. The summed E-state index contributed by atoms with van der Waals surface area (Å²) in [5, 5.41) is 1.13. The molecule has 0 bridgehead atoms. The van der Waals surface area contributed by atoms with Crippen molar-refractivity contribution in [3.63, 3.8) is 0 Å². The van der Waals surface area contributed by atoms with Gasteiger partial charge in [0.1, 0.15) is 0 Å². The third-order valence-corrected chi connectivity index (χ3v) is 5.17.